The average molecular weight is 373 g/mol. The van der Waals surface area contributed by atoms with Crippen LogP contribution in [-0.4, -0.2) is 29.3 Å². The second-order valence-electron chi connectivity index (χ2n) is 5.70. The van der Waals surface area contributed by atoms with Crippen molar-refractivity contribution in [1.29, 1.82) is 0 Å². The number of aromatic nitrogens is 1. The monoisotopic (exact) mass is 372 g/mol. The van der Waals surface area contributed by atoms with Crippen molar-refractivity contribution < 1.29 is 14.4 Å². The zero-order chi connectivity index (χ0) is 18.7. The van der Waals surface area contributed by atoms with Gasteiger partial charge < -0.3 is 15.5 Å². The summed E-state index contributed by atoms with van der Waals surface area (Å²) < 4.78 is 0. The topological polar surface area (TPSA) is 91.4 Å². The first-order valence-corrected chi connectivity index (χ1v) is 8.48. The fraction of sp³-hybridized carbons (Fsp3) is 0.222. The van der Waals surface area contributed by atoms with E-state index in [1.165, 1.54) is 0 Å². The molecule has 3 amide bonds. The van der Waals surface area contributed by atoms with E-state index in [1.54, 1.807) is 47.5 Å². The molecule has 2 heterocycles. The van der Waals surface area contributed by atoms with Crippen molar-refractivity contribution in [3.8, 4) is 0 Å². The van der Waals surface area contributed by atoms with Gasteiger partial charge in [-0.1, -0.05) is 17.7 Å². The van der Waals surface area contributed by atoms with Gasteiger partial charge in [-0.15, -0.1) is 0 Å². The number of hydrogen-bond donors (Lipinski definition) is 2. The Morgan fingerprint density at radius 1 is 1.23 bits per heavy atom. The molecule has 1 aliphatic heterocycles. The lowest BCUT2D eigenvalue weighted by Crippen LogP contribution is -2.44. The fourth-order valence-corrected chi connectivity index (χ4v) is 3.01. The number of amides is 3. The van der Waals surface area contributed by atoms with Gasteiger partial charge in [-0.3, -0.25) is 19.4 Å². The molecular weight excluding hydrogens is 356 g/mol. The van der Waals surface area contributed by atoms with Gasteiger partial charge in [0.15, 0.2) is 0 Å². The summed E-state index contributed by atoms with van der Waals surface area (Å²) in [4.78, 5) is 42.4. The van der Waals surface area contributed by atoms with Crippen molar-refractivity contribution in [3.05, 3.63) is 58.9 Å². The number of nitrogens with zero attached hydrogens (tertiary/aromatic N) is 2. The highest BCUT2D eigenvalue weighted by Crippen LogP contribution is 2.37. The number of rotatable bonds is 4. The Labute approximate surface area is 155 Å². The third kappa shape index (κ3) is 3.52. The van der Waals surface area contributed by atoms with Crippen LogP contribution in [0.4, 0.5) is 5.69 Å². The zero-order valence-electron chi connectivity index (χ0n) is 14.0. The maximum Gasteiger partial charge on any atom is 0.310 e. The summed E-state index contributed by atoms with van der Waals surface area (Å²) in [5.41, 5.74) is 1.89. The van der Waals surface area contributed by atoms with Crippen LogP contribution in [0.25, 0.3) is 0 Å². The van der Waals surface area contributed by atoms with E-state index >= 15 is 0 Å². The molecule has 0 bridgehead atoms. The molecule has 0 saturated carbocycles. The molecule has 1 aliphatic rings. The lowest BCUT2D eigenvalue weighted by atomic mass is 10.1. The summed E-state index contributed by atoms with van der Waals surface area (Å²) in [6.07, 6.45) is 1.60. The van der Waals surface area contributed by atoms with Crippen LogP contribution < -0.4 is 15.5 Å². The Morgan fingerprint density at radius 2 is 2.04 bits per heavy atom. The predicted octanol–water partition coefficient (Wildman–Crippen LogP) is 1.58. The van der Waals surface area contributed by atoms with Crippen molar-refractivity contribution in [3.63, 3.8) is 0 Å². The van der Waals surface area contributed by atoms with E-state index in [0.717, 1.165) is 0 Å². The van der Waals surface area contributed by atoms with Gasteiger partial charge in [0.1, 0.15) is 6.04 Å². The Balaban J connectivity index is 1.70. The van der Waals surface area contributed by atoms with Crippen LogP contribution in [-0.2, 0) is 20.9 Å². The molecule has 1 aromatic carbocycles. The molecule has 0 saturated heterocycles. The van der Waals surface area contributed by atoms with Gasteiger partial charge in [0.05, 0.1) is 12.2 Å². The minimum atomic E-state index is -0.934. The van der Waals surface area contributed by atoms with Gasteiger partial charge in [-0.25, -0.2) is 0 Å². The Morgan fingerprint density at radius 3 is 2.73 bits per heavy atom. The average Bonchev–Trinajstić information content (AvgIpc) is 2.91. The number of pyridine rings is 1. The van der Waals surface area contributed by atoms with Gasteiger partial charge in [0.25, 0.3) is 5.91 Å². The summed E-state index contributed by atoms with van der Waals surface area (Å²) in [6, 6.07) is 9.37. The van der Waals surface area contributed by atoms with Crippen LogP contribution in [0.1, 0.15) is 24.2 Å². The maximum atomic E-state index is 12.6. The fourth-order valence-electron chi connectivity index (χ4n) is 2.83. The molecular formula is C18H17ClN4O3. The quantitative estimate of drug-likeness (QED) is 0.797. The van der Waals surface area contributed by atoms with Crippen molar-refractivity contribution in [2.75, 3.05) is 11.4 Å². The molecule has 134 valence electrons. The number of anilines is 1. The standard InChI is InChI=1S/C18H17ClN4O3/c1-2-23-14-7-6-11(19)9-13(14)15(18(23)26)22-17(25)16(24)21-10-12-5-3-4-8-20-12/h3-9,15H,2,10H2,1H3,(H,21,24)(H,22,25)/t15-/m0/s1. The maximum absolute atomic E-state index is 12.6. The minimum absolute atomic E-state index is 0.120. The highest BCUT2D eigenvalue weighted by atomic mass is 35.5. The summed E-state index contributed by atoms with van der Waals surface area (Å²) in [7, 11) is 0. The van der Waals surface area contributed by atoms with Crippen LogP contribution in [0.3, 0.4) is 0 Å². The van der Waals surface area contributed by atoms with E-state index in [9.17, 15) is 14.4 Å². The summed E-state index contributed by atoms with van der Waals surface area (Å²) >= 11 is 6.02. The van der Waals surface area contributed by atoms with Gasteiger partial charge in [0.2, 0.25) is 0 Å². The SMILES string of the molecule is CCN1C(=O)[C@@H](NC(=O)C(=O)NCc2ccccn2)c2cc(Cl)ccc21. The number of carbonyl (C=O) groups excluding carboxylic acids is 3. The normalized spacial score (nSPS) is 15.5. The second-order valence-corrected chi connectivity index (χ2v) is 6.13. The summed E-state index contributed by atoms with van der Waals surface area (Å²) in [5, 5.41) is 5.43. The molecule has 1 atom stereocenters. The Kier molecular flexibility index (Phi) is 5.18. The van der Waals surface area contributed by atoms with Gasteiger partial charge in [0, 0.05) is 29.0 Å². The molecule has 3 rings (SSSR count). The van der Waals surface area contributed by atoms with Crippen LogP contribution in [0.2, 0.25) is 5.02 Å². The number of likely N-dealkylation sites (N-methyl/N-ethyl adjacent to an activating group) is 1. The number of halogens is 1. The van der Waals surface area contributed by atoms with E-state index in [2.05, 4.69) is 15.6 Å². The molecule has 0 radical (unpaired) electrons. The van der Waals surface area contributed by atoms with Gasteiger partial charge in [-0.2, -0.15) is 0 Å². The lowest BCUT2D eigenvalue weighted by molar-refractivity contribution is -0.140. The zero-order valence-corrected chi connectivity index (χ0v) is 14.8. The lowest BCUT2D eigenvalue weighted by Gasteiger charge is -2.15. The third-order valence-electron chi connectivity index (χ3n) is 4.06. The largest absolute Gasteiger partial charge is 0.342 e. The highest BCUT2D eigenvalue weighted by Gasteiger charge is 2.38. The number of carbonyl (C=O) groups is 3. The third-order valence-corrected chi connectivity index (χ3v) is 4.29. The number of fused-ring (bicyclic) bond motifs is 1. The molecule has 0 aliphatic carbocycles. The molecule has 1 aromatic heterocycles. The molecule has 26 heavy (non-hydrogen) atoms. The van der Waals surface area contributed by atoms with Crippen LogP contribution >= 0.6 is 11.6 Å². The molecule has 2 aromatic rings. The van der Waals surface area contributed by atoms with E-state index in [4.69, 9.17) is 11.6 Å². The first-order chi connectivity index (χ1) is 12.5. The first-order valence-electron chi connectivity index (χ1n) is 8.10. The smallest absolute Gasteiger partial charge is 0.310 e. The predicted molar refractivity (Wildman–Crippen MR) is 96.4 cm³/mol. The van der Waals surface area contributed by atoms with Crippen LogP contribution in [0, 0.1) is 0 Å². The van der Waals surface area contributed by atoms with Gasteiger partial charge in [-0.05, 0) is 37.3 Å². The summed E-state index contributed by atoms with van der Waals surface area (Å²) in [6.45, 7) is 2.40. The van der Waals surface area contributed by atoms with Crippen LogP contribution in [0.15, 0.2) is 42.6 Å². The Bertz CT molecular complexity index is 857. The van der Waals surface area contributed by atoms with Crippen molar-refractivity contribution >= 4 is 35.0 Å². The van der Waals surface area contributed by atoms with E-state index < -0.39 is 17.9 Å². The molecule has 0 spiro atoms. The van der Waals surface area contributed by atoms with E-state index in [0.29, 0.717) is 28.5 Å². The van der Waals surface area contributed by atoms with Crippen LogP contribution in [0.5, 0.6) is 0 Å². The van der Waals surface area contributed by atoms with Crippen molar-refractivity contribution in [2.24, 2.45) is 0 Å². The van der Waals surface area contributed by atoms with E-state index in [1.807, 2.05) is 6.92 Å². The highest BCUT2D eigenvalue weighted by molar-refractivity contribution is 6.35. The van der Waals surface area contributed by atoms with Crippen molar-refractivity contribution in [2.45, 2.75) is 19.5 Å². The number of benzene rings is 1. The van der Waals surface area contributed by atoms with Gasteiger partial charge >= 0.3 is 11.8 Å². The second kappa shape index (κ2) is 7.53. The Hall–Kier alpha value is -2.93. The minimum Gasteiger partial charge on any atom is -0.342 e. The van der Waals surface area contributed by atoms with E-state index in [-0.39, 0.29) is 12.5 Å². The first kappa shape index (κ1) is 17.9. The molecule has 2 N–H and O–H groups in total. The molecule has 0 unspecified atom stereocenters. The van der Waals surface area contributed by atoms with Crippen molar-refractivity contribution in [1.82, 2.24) is 15.6 Å². The molecule has 7 nitrogen and oxygen atoms in total. The molecule has 0 fully saturated rings. The number of hydrogen-bond acceptors (Lipinski definition) is 4. The molecule has 8 heteroatoms. The number of nitrogens with one attached hydrogen (secondary N) is 2. The summed E-state index contributed by atoms with van der Waals surface area (Å²) in [5.74, 6) is -2.01.